The number of carbonyl (C=O) groups is 1. The summed E-state index contributed by atoms with van der Waals surface area (Å²) in [5.41, 5.74) is 2.79. The van der Waals surface area contributed by atoms with Gasteiger partial charge in [0, 0.05) is 31.5 Å². The number of amides is 1. The summed E-state index contributed by atoms with van der Waals surface area (Å²) >= 11 is 0. The molecule has 0 saturated carbocycles. The van der Waals surface area contributed by atoms with Gasteiger partial charge in [-0.1, -0.05) is 0 Å². The van der Waals surface area contributed by atoms with Crippen LogP contribution < -0.4 is 14.8 Å². The molecule has 1 aliphatic heterocycles. The molecule has 2 atom stereocenters. The molecule has 28 heavy (non-hydrogen) atoms. The highest BCUT2D eigenvalue weighted by Gasteiger charge is 2.29. The summed E-state index contributed by atoms with van der Waals surface area (Å²) in [6.07, 6.45) is 1.92. The van der Waals surface area contributed by atoms with Crippen LogP contribution >= 0.6 is 0 Å². The number of methoxy groups -OCH3 is 1. The highest BCUT2D eigenvalue weighted by Crippen LogP contribution is 2.32. The zero-order chi connectivity index (χ0) is 19.8. The topological polar surface area (TPSA) is 78.3 Å². The highest BCUT2D eigenvalue weighted by molar-refractivity contribution is 5.84. The van der Waals surface area contributed by atoms with E-state index in [4.69, 9.17) is 9.47 Å². The number of aromatic nitrogens is 3. The van der Waals surface area contributed by atoms with Gasteiger partial charge in [-0.05, 0) is 31.2 Å². The van der Waals surface area contributed by atoms with Crippen LogP contribution in [0.15, 0.2) is 30.6 Å². The number of benzene rings is 1. The maximum atomic E-state index is 13.8. The second-order valence-corrected chi connectivity index (χ2v) is 6.98. The first-order valence-electron chi connectivity index (χ1n) is 9.05. The van der Waals surface area contributed by atoms with Crippen LogP contribution in [0.25, 0.3) is 22.3 Å². The lowest BCUT2D eigenvalue weighted by Gasteiger charge is -2.20. The zero-order valence-corrected chi connectivity index (χ0v) is 15.9. The normalized spacial score (nSPS) is 17.6. The molecular weight excluding hydrogens is 363 g/mol. The Labute approximate surface area is 161 Å². The third kappa shape index (κ3) is 3.26. The number of fused-ring (bicyclic) bond motifs is 1. The van der Waals surface area contributed by atoms with E-state index in [0.717, 1.165) is 11.0 Å². The summed E-state index contributed by atoms with van der Waals surface area (Å²) in [5, 5.41) is 2.83. The maximum Gasteiger partial charge on any atom is 0.241 e. The summed E-state index contributed by atoms with van der Waals surface area (Å²) in [4.78, 5) is 20.6. The lowest BCUT2D eigenvalue weighted by atomic mass is 10.0. The molecule has 4 rings (SSSR count). The van der Waals surface area contributed by atoms with E-state index in [9.17, 15) is 9.18 Å². The SMILES string of the molecule is COc1cc(-c2cc3ncn(C)c3c(O[C@H](C)[C@H]3CNC(=O)C3)n2)ccc1F. The Morgan fingerprint density at radius 3 is 2.89 bits per heavy atom. The van der Waals surface area contributed by atoms with Crippen molar-refractivity contribution in [1.29, 1.82) is 0 Å². The molecule has 2 aromatic heterocycles. The third-order valence-corrected chi connectivity index (χ3v) is 5.08. The van der Waals surface area contributed by atoms with Crippen LogP contribution in [0.2, 0.25) is 0 Å². The molecule has 1 aromatic carbocycles. The Hall–Kier alpha value is -3.16. The van der Waals surface area contributed by atoms with E-state index in [1.807, 2.05) is 24.6 Å². The highest BCUT2D eigenvalue weighted by atomic mass is 19.1. The molecule has 1 fully saturated rings. The van der Waals surface area contributed by atoms with E-state index in [2.05, 4.69) is 15.3 Å². The lowest BCUT2D eigenvalue weighted by molar-refractivity contribution is -0.119. The van der Waals surface area contributed by atoms with Gasteiger partial charge >= 0.3 is 0 Å². The summed E-state index contributed by atoms with van der Waals surface area (Å²) in [6.45, 7) is 2.52. The zero-order valence-electron chi connectivity index (χ0n) is 15.9. The fourth-order valence-corrected chi connectivity index (χ4v) is 3.42. The third-order valence-electron chi connectivity index (χ3n) is 5.08. The van der Waals surface area contributed by atoms with Crippen LogP contribution in [0, 0.1) is 11.7 Å². The second kappa shape index (κ2) is 7.10. The molecule has 7 nitrogen and oxygen atoms in total. The first-order chi connectivity index (χ1) is 13.5. The molecule has 3 heterocycles. The largest absolute Gasteiger partial charge is 0.494 e. The van der Waals surface area contributed by atoms with E-state index in [1.54, 1.807) is 18.5 Å². The summed E-state index contributed by atoms with van der Waals surface area (Å²) in [5.74, 6) is 0.251. The van der Waals surface area contributed by atoms with E-state index in [1.165, 1.54) is 13.2 Å². The van der Waals surface area contributed by atoms with Crippen LogP contribution in [-0.4, -0.2) is 40.2 Å². The number of aryl methyl sites for hydroxylation is 1. The van der Waals surface area contributed by atoms with Crippen molar-refractivity contribution in [2.24, 2.45) is 13.0 Å². The van der Waals surface area contributed by atoms with Crippen molar-refractivity contribution in [2.45, 2.75) is 19.4 Å². The number of halogens is 1. The first kappa shape index (κ1) is 18.2. The minimum absolute atomic E-state index is 0.0336. The molecule has 0 radical (unpaired) electrons. The van der Waals surface area contributed by atoms with Crippen molar-refractivity contribution in [2.75, 3.05) is 13.7 Å². The summed E-state index contributed by atoms with van der Waals surface area (Å²) < 4.78 is 26.9. The molecule has 146 valence electrons. The summed E-state index contributed by atoms with van der Waals surface area (Å²) in [6, 6.07) is 6.42. The monoisotopic (exact) mass is 384 g/mol. The number of nitrogens with one attached hydrogen (secondary N) is 1. The van der Waals surface area contributed by atoms with Gasteiger partial charge < -0.3 is 19.4 Å². The molecule has 0 bridgehead atoms. The second-order valence-electron chi connectivity index (χ2n) is 6.98. The van der Waals surface area contributed by atoms with Crippen molar-refractivity contribution in [3.05, 3.63) is 36.4 Å². The number of hydrogen-bond acceptors (Lipinski definition) is 5. The minimum atomic E-state index is -0.436. The quantitative estimate of drug-likeness (QED) is 0.732. The van der Waals surface area contributed by atoms with Crippen molar-refractivity contribution >= 4 is 16.9 Å². The first-order valence-corrected chi connectivity index (χ1v) is 9.05. The number of rotatable bonds is 5. The number of hydrogen-bond donors (Lipinski definition) is 1. The molecule has 3 aromatic rings. The average molecular weight is 384 g/mol. The number of pyridine rings is 1. The molecular formula is C20H21FN4O3. The van der Waals surface area contributed by atoms with Gasteiger partial charge in [0.2, 0.25) is 11.8 Å². The summed E-state index contributed by atoms with van der Waals surface area (Å²) in [7, 11) is 3.29. The van der Waals surface area contributed by atoms with Gasteiger partial charge in [-0.15, -0.1) is 0 Å². The van der Waals surface area contributed by atoms with E-state index in [0.29, 0.717) is 30.1 Å². The van der Waals surface area contributed by atoms with Gasteiger partial charge in [-0.2, -0.15) is 0 Å². The molecule has 0 spiro atoms. The lowest BCUT2D eigenvalue weighted by Crippen LogP contribution is -2.26. The van der Waals surface area contributed by atoms with Crippen LogP contribution in [0.1, 0.15) is 13.3 Å². The number of ether oxygens (including phenoxy) is 2. The Morgan fingerprint density at radius 1 is 1.36 bits per heavy atom. The van der Waals surface area contributed by atoms with E-state index in [-0.39, 0.29) is 23.7 Å². The predicted molar refractivity (Wildman–Crippen MR) is 102 cm³/mol. The van der Waals surface area contributed by atoms with Crippen molar-refractivity contribution in [3.63, 3.8) is 0 Å². The molecule has 1 saturated heterocycles. The van der Waals surface area contributed by atoms with Crippen molar-refractivity contribution < 1.29 is 18.7 Å². The van der Waals surface area contributed by atoms with Crippen LogP contribution in [0.3, 0.4) is 0 Å². The average Bonchev–Trinajstić information content (AvgIpc) is 3.28. The molecule has 0 aliphatic carbocycles. The molecule has 1 amide bonds. The predicted octanol–water partition coefficient (Wildman–Crippen LogP) is 2.69. The number of carbonyl (C=O) groups excluding carboxylic acids is 1. The van der Waals surface area contributed by atoms with Crippen molar-refractivity contribution in [3.8, 4) is 22.9 Å². The van der Waals surface area contributed by atoms with E-state index < -0.39 is 5.82 Å². The standard InChI is InChI=1S/C20H21FN4O3/c1-11(13-7-18(26)22-9-13)28-20-19-16(23-10-25(19)2)8-15(24-20)12-4-5-14(21)17(6-12)27-3/h4-6,8,10-11,13H,7,9H2,1-3H3,(H,22,26)/t11-,13-/m1/s1. The van der Waals surface area contributed by atoms with Gasteiger partial charge in [0.15, 0.2) is 11.6 Å². The number of imidazole rings is 1. The van der Waals surface area contributed by atoms with Gasteiger partial charge in [0.05, 0.1) is 24.6 Å². The van der Waals surface area contributed by atoms with Crippen LogP contribution in [0.5, 0.6) is 11.6 Å². The van der Waals surface area contributed by atoms with Crippen molar-refractivity contribution in [1.82, 2.24) is 19.9 Å². The smallest absolute Gasteiger partial charge is 0.241 e. The molecule has 8 heteroatoms. The van der Waals surface area contributed by atoms with E-state index >= 15 is 0 Å². The van der Waals surface area contributed by atoms with Gasteiger partial charge in [-0.3, -0.25) is 4.79 Å². The van der Waals surface area contributed by atoms with Gasteiger partial charge in [-0.25, -0.2) is 14.4 Å². The minimum Gasteiger partial charge on any atom is -0.494 e. The fourth-order valence-electron chi connectivity index (χ4n) is 3.42. The van der Waals surface area contributed by atoms with Gasteiger partial charge in [0.25, 0.3) is 0 Å². The number of nitrogens with zero attached hydrogens (tertiary/aromatic N) is 3. The Bertz CT molecular complexity index is 1050. The molecule has 1 N–H and O–H groups in total. The maximum absolute atomic E-state index is 13.8. The van der Waals surface area contributed by atoms with Crippen LogP contribution in [-0.2, 0) is 11.8 Å². The Kier molecular flexibility index (Phi) is 4.62. The van der Waals surface area contributed by atoms with Crippen LogP contribution in [0.4, 0.5) is 4.39 Å². The molecule has 0 unspecified atom stereocenters. The Morgan fingerprint density at radius 2 is 2.18 bits per heavy atom. The van der Waals surface area contributed by atoms with Gasteiger partial charge in [0.1, 0.15) is 11.6 Å². The Balaban J connectivity index is 1.75. The molecule has 1 aliphatic rings. The fraction of sp³-hybridized carbons (Fsp3) is 0.350.